The minimum Gasteiger partial charge on any atom is -0.393 e. The van der Waals surface area contributed by atoms with Gasteiger partial charge < -0.3 is 5.11 Å². The first-order chi connectivity index (χ1) is 7.08. The topological polar surface area (TPSA) is 20.2 Å². The monoisotopic (exact) mass is 210 g/mol. The van der Waals surface area contributed by atoms with Gasteiger partial charge in [0.2, 0.25) is 0 Å². The lowest BCUT2D eigenvalue weighted by Gasteiger charge is -2.53. The average Bonchev–Trinajstić information content (AvgIpc) is 2.20. The van der Waals surface area contributed by atoms with Crippen LogP contribution in [0.3, 0.4) is 0 Å². The molecule has 0 radical (unpaired) electrons. The van der Waals surface area contributed by atoms with E-state index in [9.17, 15) is 5.11 Å². The quantitative estimate of drug-likeness (QED) is 0.701. The van der Waals surface area contributed by atoms with Crippen molar-refractivity contribution in [3.63, 3.8) is 0 Å². The fourth-order valence-electron chi connectivity index (χ4n) is 4.40. The van der Waals surface area contributed by atoms with Crippen molar-refractivity contribution < 1.29 is 5.11 Å². The van der Waals surface area contributed by atoms with Crippen LogP contribution in [0.2, 0.25) is 0 Å². The Kier molecular flexibility index (Phi) is 3.12. The summed E-state index contributed by atoms with van der Waals surface area (Å²) < 4.78 is 0. The van der Waals surface area contributed by atoms with Crippen LogP contribution in [-0.4, -0.2) is 11.2 Å². The van der Waals surface area contributed by atoms with E-state index in [2.05, 4.69) is 20.8 Å². The molecule has 1 N–H and O–H groups in total. The molecule has 0 amide bonds. The molecule has 2 aliphatic carbocycles. The van der Waals surface area contributed by atoms with Gasteiger partial charge in [-0.1, -0.05) is 33.6 Å². The van der Waals surface area contributed by atoms with Crippen molar-refractivity contribution in [1.82, 2.24) is 0 Å². The highest BCUT2D eigenvalue weighted by Crippen LogP contribution is 2.54. The standard InChI is InChI=1S/C14H26O/c1-4-11-10(2)7-9-14(3)8-5-6-12(15)13(11)14/h10-13,15H,4-9H2,1-3H3/t10-,11-,12-,13-,14-/m0/s1. The lowest BCUT2D eigenvalue weighted by molar-refractivity contribution is -0.0945. The van der Waals surface area contributed by atoms with E-state index in [4.69, 9.17) is 0 Å². The molecule has 0 unspecified atom stereocenters. The van der Waals surface area contributed by atoms with Gasteiger partial charge in [0.15, 0.2) is 0 Å². The second-order valence-electron chi connectivity index (χ2n) is 6.23. The number of aliphatic hydroxyl groups is 1. The lowest BCUT2D eigenvalue weighted by Crippen LogP contribution is -2.49. The third-order valence-electron chi connectivity index (χ3n) is 5.30. The lowest BCUT2D eigenvalue weighted by atomic mass is 9.53. The van der Waals surface area contributed by atoms with E-state index in [0.29, 0.717) is 11.3 Å². The number of hydrogen-bond acceptors (Lipinski definition) is 1. The van der Waals surface area contributed by atoms with Crippen molar-refractivity contribution in [3.05, 3.63) is 0 Å². The van der Waals surface area contributed by atoms with E-state index in [-0.39, 0.29) is 6.10 Å². The number of fused-ring (bicyclic) bond motifs is 1. The van der Waals surface area contributed by atoms with Crippen molar-refractivity contribution >= 4 is 0 Å². The van der Waals surface area contributed by atoms with Crippen molar-refractivity contribution in [2.24, 2.45) is 23.2 Å². The van der Waals surface area contributed by atoms with Crippen LogP contribution >= 0.6 is 0 Å². The smallest absolute Gasteiger partial charge is 0.0576 e. The summed E-state index contributed by atoms with van der Waals surface area (Å²) in [6.07, 6.45) is 7.57. The van der Waals surface area contributed by atoms with Crippen LogP contribution in [0.5, 0.6) is 0 Å². The second-order valence-corrected chi connectivity index (χ2v) is 6.23. The van der Waals surface area contributed by atoms with Crippen molar-refractivity contribution in [1.29, 1.82) is 0 Å². The minimum atomic E-state index is -0.0172. The Balaban J connectivity index is 2.23. The third kappa shape index (κ3) is 1.84. The van der Waals surface area contributed by atoms with Gasteiger partial charge >= 0.3 is 0 Å². The Morgan fingerprint density at radius 2 is 2.00 bits per heavy atom. The van der Waals surface area contributed by atoms with E-state index in [0.717, 1.165) is 18.3 Å². The van der Waals surface area contributed by atoms with Gasteiger partial charge in [0.25, 0.3) is 0 Å². The molecule has 0 aromatic heterocycles. The van der Waals surface area contributed by atoms with Gasteiger partial charge in [0, 0.05) is 0 Å². The van der Waals surface area contributed by atoms with Gasteiger partial charge in [0.05, 0.1) is 6.10 Å². The molecule has 0 aliphatic heterocycles. The fourth-order valence-corrected chi connectivity index (χ4v) is 4.40. The van der Waals surface area contributed by atoms with Crippen LogP contribution in [0.1, 0.15) is 59.3 Å². The maximum Gasteiger partial charge on any atom is 0.0576 e. The molecule has 1 nitrogen and oxygen atoms in total. The van der Waals surface area contributed by atoms with E-state index >= 15 is 0 Å². The number of aliphatic hydroxyl groups excluding tert-OH is 1. The summed E-state index contributed by atoms with van der Waals surface area (Å²) in [6.45, 7) is 7.11. The Hall–Kier alpha value is -0.0400. The third-order valence-corrected chi connectivity index (χ3v) is 5.30. The summed E-state index contributed by atoms with van der Waals surface area (Å²) in [4.78, 5) is 0. The second kappa shape index (κ2) is 4.08. The SMILES string of the molecule is CC[C@@H]1[C@H]2[C@@H](O)CCC[C@@]2(C)CC[C@@H]1C. The summed E-state index contributed by atoms with van der Waals surface area (Å²) in [5.41, 5.74) is 0.449. The van der Waals surface area contributed by atoms with Gasteiger partial charge in [-0.3, -0.25) is 0 Å². The molecular weight excluding hydrogens is 184 g/mol. The summed E-state index contributed by atoms with van der Waals surface area (Å²) in [5, 5.41) is 10.3. The van der Waals surface area contributed by atoms with Crippen molar-refractivity contribution in [3.8, 4) is 0 Å². The molecule has 0 saturated heterocycles. The molecule has 0 heterocycles. The molecule has 15 heavy (non-hydrogen) atoms. The van der Waals surface area contributed by atoms with E-state index in [1.807, 2.05) is 0 Å². The van der Waals surface area contributed by atoms with E-state index < -0.39 is 0 Å². The normalized spacial score (nSPS) is 51.2. The molecule has 1 heteroatoms. The highest BCUT2D eigenvalue weighted by atomic mass is 16.3. The van der Waals surface area contributed by atoms with E-state index in [1.165, 1.54) is 32.1 Å². The van der Waals surface area contributed by atoms with Gasteiger partial charge in [-0.25, -0.2) is 0 Å². The molecule has 2 aliphatic rings. The summed E-state index contributed by atoms with van der Waals surface area (Å²) >= 11 is 0. The highest BCUT2D eigenvalue weighted by molar-refractivity contribution is 4.98. The Morgan fingerprint density at radius 1 is 1.27 bits per heavy atom. The first-order valence-electron chi connectivity index (χ1n) is 6.76. The minimum absolute atomic E-state index is 0.0172. The average molecular weight is 210 g/mol. The molecule has 2 rings (SSSR count). The van der Waals surface area contributed by atoms with Crippen LogP contribution in [0.4, 0.5) is 0 Å². The number of hydrogen-bond donors (Lipinski definition) is 1. The maximum atomic E-state index is 10.3. The Labute approximate surface area is 94.3 Å². The Morgan fingerprint density at radius 3 is 2.67 bits per heavy atom. The maximum absolute atomic E-state index is 10.3. The van der Waals surface area contributed by atoms with E-state index in [1.54, 1.807) is 0 Å². The zero-order chi connectivity index (χ0) is 11.1. The van der Waals surface area contributed by atoms with Gasteiger partial charge in [0.1, 0.15) is 0 Å². The summed E-state index contributed by atoms with van der Waals surface area (Å²) in [6, 6.07) is 0. The van der Waals surface area contributed by atoms with Crippen LogP contribution in [0, 0.1) is 23.2 Å². The van der Waals surface area contributed by atoms with Crippen molar-refractivity contribution in [2.45, 2.75) is 65.4 Å². The van der Waals surface area contributed by atoms with Crippen LogP contribution < -0.4 is 0 Å². The van der Waals surface area contributed by atoms with Crippen LogP contribution in [0.15, 0.2) is 0 Å². The van der Waals surface area contributed by atoms with Gasteiger partial charge in [-0.05, 0) is 48.9 Å². The molecule has 0 bridgehead atoms. The first-order valence-corrected chi connectivity index (χ1v) is 6.76. The Bertz CT molecular complexity index is 225. The van der Waals surface area contributed by atoms with Crippen LogP contribution in [-0.2, 0) is 0 Å². The zero-order valence-corrected chi connectivity index (χ0v) is 10.5. The predicted octanol–water partition coefficient (Wildman–Crippen LogP) is 3.61. The molecule has 0 aromatic rings. The largest absolute Gasteiger partial charge is 0.393 e. The molecular formula is C14H26O. The fraction of sp³-hybridized carbons (Fsp3) is 1.00. The molecule has 2 saturated carbocycles. The molecule has 2 fully saturated rings. The summed E-state index contributed by atoms with van der Waals surface area (Å²) in [7, 11) is 0. The summed E-state index contributed by atoms with van der Waals surface area (Å²) in [5.74, 6) is 2.17. The van der Waals surface area contributed by atoms with Crippen LogP contribution in [0.25, 0.3) is 0 Å². The molecule has 88 valence electrons. The predicted molar refractivity (Wildman–Crippen MR) is 63.6 cm³/mol. The highest BCUT2D eigenvalue weighted by Gasteiger charge is 2.49. The molecule has 0 aromatic carbocycles. The zero-order valence-electron chi connectivity index (χ0n) is 10.5. The molecule has 0 spiro atoms. The van der Waals surface area contributed by atoms with Gasteiger partial charge in [-0.2, -0.15) is 0 Å². The first kappa shape index (κ1) is 11.4. The number of rotatable bonds is 1. The van der Waals surface area contributed by atoms with Crippen molar-refractivity contribution in [2.75, 3.05) is 0 Å². The van der Waals surface area contributed by atoms with Gasteiger partial charge in [-0.15, -0.1) is 0 Å². The molecule has 5 atom stereocenters.